The molecule has 2 N–H and O–H groups in total. The Balaban J connectivity index is 2.15. The smallest absolute Gasteiger partial charge is 0.340 e. The number of benzene rings is 1. The van der Waals surface area contributed by atoms with E-state index < -0.39 is 5.97 Å². The van der Waals surface area contributed by atoms with Crippen LogP contribution >= 0.6 is 0 Å². The molecule has 0 aliphatic heterocycles. The fourth-order valence-electron chi connectivity index (χ4n) is 1.82. The van der Waals surface area contributed by atoms with Crippen molar-refractivity contribution < 1.29 is 9.53 Å². The van der Waals surface area contributed by atoms with Crippen LogP contribution in [0.25, 0.3) is 0 Å². The summed E-state index contributed by atoms with van der Waals surface area (Å²) in [5.74, 6) is -0.398. The molecule has 0 unspecified atom stereocenters. The second-order valence-electron chi connectivity index (χ2n) is 4.61. The molecule has 5 heteroatoms. The highest BCUT2D eigenvalue weighted by Gasteiger charge is 2.15. The predicted molar refractivity (Wildman–Crippen MR) is 78.5 cm³/mol. The minimum absolute atomic E-state index is 0.189. The molecule has 20 heavy (non-hydrogen) atoms. The molecule has 1 heterocycles. The van der Waals surface area contributed by atoms with E-state index in [0.29, 0.717) is 11.3 Å². The zero-order chi connectivity index (χ0) is 14.5. The third kappa shape index (κ3) is 3.26. The number of rotatable bonds is 4. The van der Waals surface area contributed by atoms with Gasteiger partial charge in [0.15, 0.2) is 0 Å². The summed E-state index contributed by atoms with van der Waals surface area (Å²) in [5.41, 5.74) is 8.34. The van der Waals surface area contributed by atoms with Crippen molar-refractivity contribution >= 4 is 17.3 Å². The van der Waals surface area contributed by atoms with Crippen molar-refractivity contribution in [1.82, 2.24) is 4.98 Å². The summed E-state index contributed by atoms with van der Waals surface area (Å²) >= 11 is 0. The molecule has 1 aromatic carbocycles. The Morgan fingerprint density at radius 3 is 2.80 bits per heavy atom. The van der Waals surface area contributed by atoms with E-state index >= 15 is 0 Å². The van der Waals surface area contributed by atoms with Crippen LogP contribution in [0.5, 0.6) is 0 Å². The summed E-state index contributed by atoms with van der Waals surface area (Å²) in [5, 5.41) is 0. The average molecular weight is 271 g/mol. The number of pyridine rings is 1. The first-order valence-electron chi connectivity index (χ1n) is 6.21. The topological polar surface area (TPSA) is 68.5 Å². The summed E-state index contributed by atoms with van der Waals surface area (Å²) in [6.45, 7) is 0.189. The van der Waals surface area contributed by atoms with E-state index in [-0.39, 0.29) is 6.61 Å². The van der Waals surface area contributed by atoms with E-state index in [1.807, 2.05) is 25.1 Å². The maximum Gasteiger partial charge on any atom is 0.340 e. The maximum absolute atomic E-state index is 12.2. The molecule has 2 aromatic rings. The molecule has 0 fully saturated rings. The van der Waals surface area contributed by atoms with Gasteiger partial charge in [-0.1, -0.05) is 6.07 Å². The first kappa shape index (κ1) is 13.9. The fraction of sp³-hybridized carbons (Fsp3) is 0.200. The Hall–Kier alpha value is -2.56. The number of carbonyl (C=O) groups is 1. The predicted octanol–water partition coefficient (Wildman–Crippen LogP) is 2.09. The molecule has 0 aliphatic carbocycles. The molecule has 0 radical (unpaired) electrons. The van der Waals surface area contributed by atoms with Gasteiger partial charge in [0.25, 0.3) is 0 Å². The number of aromatic nitrogens is 1. The first-order valence-corrected chi connectivity index (χ1v) is 6.21. The molecule has 0 atom stereocenters. The SMILES string of the molecule is CN(C)c1ccc(N)cc1C(=O)OCc1cccnc1. The van der Waals surface area contributed by atoms with Gasteiger partial charge >= 0.3 is 5.97 Å². The molecule has 2 rings (SSSR count). The zero-order valence-electron chi connectivity index (χ0n) is 11.5. The van der Waals surface area contributed by atoms with E-state index in [4.69, 9.17) is 10.5 Å². The lowest BCUT2D eigenvalue weighted by molar-refractivity contribution is 0.0473. The summed E-state index contributed by atoms with van der Waals surface area (Å²) in [6.07, 6.45) is 3.34. The van der Waals surface area contributed by atoms with E-state index in [0.717, 1.165) is 11.3 Å². The Morgan fingerprint density at radius 2 is 2.15 bits per heavy atom. The third-order valence-electron chi connectivity index (χ3n) is 2.82. The fourth-order valence-corrected chi connectivity index (χ4v) is 1.82. The van der Waals surface area contributed by atoms with Gasteiger partial charge in [0.05, 0.1) is 11.3 Å². The molecule has 0 amide bonds. The minimum atomic E-state index is -0.398. The van der Waals surface area contributed by atoms with Crippen LogP contribution in [0.4, 0.5) is 11.4 Å². The van der Waals surface area contributed by atoms with Gasteiger partial charge in [-0.2, -0.15) is 0 Å². The minimum Gasteiger partial charge on any atom is -0.457 e. The van der Waals surface area contributed by atoms with Gasteiger partial charge in [-0.15, -0.1) is 0 Å². The van der Waals surface area contributed by atoms with Crippen LogP contribution in [0.1, 0.15) is 15.9 Å². The van der Waals surface area contributed by atoms with Crippen molar-refractivity contribution in [2.24, 2.45) is 0 Å². The van der Waals surface area contributed by atoms with E-state index in [1.54, 1.807) is 36.7 Å². The Labute approximate surface area is 118 Å². The Bertz CT molecular complexity index is 597. The lowest BCUT2D eigenvalue weighted by Gasteiger charge is -2.17. The van der Waals surface area contributed by atoms with Crippen LogP contribution < -0.4 is 10.6 Å². The number of hydrogen-bond donors (Lipinski definition) is 1. The molecule has 5 nitrogen and oxygen atoms in total. The van der Waals surface area contributed by atoms with Crippen molar-refractivity contribution in [1.29, 1.82) is 0 Å². The maximum atomic E-state index is 12.2. The molecule has 0 bridgehead atoms. The Morgan fingerprint density at radius 1 is 1.35 bits per heavy atom. The van der Waals surface area contributed by atoms with E-state index in [1.165, 1.54) is 0 Å². The number of nitrogens with zero attached hydrogens (tertiary/aromatic N) is 2. The van der Waals surface area contributed by atoms with Crippen molar-refractivity contribution in [2.45, 2.75) is 6.61 Å². The highest BCUT2D eigenvalue weighted by molar-refractivity contribution is 5.96. The zero-order valence-corrected chi connectivity index (χ0v) is 11.5. The van der Waals surface area contributed by atoms with Gasteiger partial charge in [0.2, 0.25) is 0 Å². The van der Waals surface area contributed by atoms with Crippen LogP contribution in [-0.2, 0) is 11.3 Å². The molecule has 0 saturated heterocycles. The first-order chi connectivity index (χ1) is 9.58. The lowest BCUT2D eigenvalue weighted by atomic mass is 10.1. The number of nitrogen functional groups attached to an aromatic ring is 1. The summed E-state index contributed by atoms with van der Waals surface area (Å²) in [4.78, 5) is 18.0. The van der Waals surface area contributed by atoms with Crippen molar-refractivity contribution in [3.8, 4) is 0 Å². The standard InChI is InChI=1S/C15H17N3O2/c1-18(2)14-6-5-12(16)8-13(14)15(19)20-10-11-4-3-7-17-9-11/h3-9H,10,16H2,1-2H3. The molecule has 0 saturated carbocycles. The second-order valence-corrected chi connectivity index (χ2v) is 4.61. The van der Waals surface area contributed by atoms with Crippen LogP contribution in [-0.4, -0.2) is 25.0 Å². The van der Waals surface area contributed by atoms with Gasteiger partial charge in [-0.05, 0) is 24.3 Å². The number of nitrogens with two attached hydrogens (primary N) is 1. The number of carbonyl (C=O) groups excluding carboxylic acids is 1. The van der Waals surface area contributed by atoms with E-state index in [2.05, 4.69) is 4.98 Å². The molecule has 104 valence electrons. The van der Waals surface area contributed by atoms with Crippen LogP contribution in [0, 0.1) is 0 Å². The number of hydrogen-bond acceptors (Lipinski definition) is 5. The number of esters is 1. The van der Waals surface area contributed by atoms with Crippen molar-refractivity contribution in [3.05, 3.63) is 53.9 Å². The van der Waals surface area contributed by atoms with Gasteiger partial charge in [0.1, 0.15) is 6.61 Å². The molecule has 0 spiro atoms. The second kappa shape index (κ2) is 6.06. The largest absolute Gasteiger partial charge is 0.457 e. The molecule has 0 aliphatic rings. The van der Waals surface area contributed by atoms with Gasteiger partial charge in [-0.3, -0.25) is 4.98 Å². The molecular weight excluding hydrogens is 254 g/mol. The molecule has 1 aromatic heterocycles. The van der Waals surface area contributed by atoms with Gasteiger partial charge < -0.3 is 15.4 Å². The molecular formula is C15H17N3O2. The van der Waals surface area contributed by atoms with Crippen molar-refractivity contribution in [3.63, 3.8) is 0 Å². The van der Waals surface area contributed by atoms with Crippen molar-refractivity contribution in [2.75, 3.05) is 24.7 Å². The highest BCUT2D eigenvalue weighted by Crippen LogP contribution is 2.22. The normalized spacial score (nSPS) is 10.1. The number of anilines is 2. The van der Waals surface area contributed by atoms with Crippen LogP contribution in [0.3, 0.4) is 0 Å². The monoisotopic (exact) mass is 271 g/mol. The quantitative estimate of drug-likeness (QED) is 0.681. The summed E-state index contributed by atoms with van der Waals surface area (Å²) in [6, 6.07) is 8.84. The summed E-state index contributed by atoms with van der Waals surface area (Å²) < 4.78 is 5.30. The number of ether oxygens (including phenoxy) is 1. The van der Waals surface area contributed by atoms with Gasteiger partial charge in [0, 0.05) is 37.7 Å². The highest BCUT2D eigenvalue weighted by atomic mass is 16.5. The van der Waals surface area contributed by atoms with E-state index in [9.17, 15) is 4.79 Å². The third-order valence-corrected chi connectivity index (χ3v) is 2.82. The Kier molecular flexibility index (Phi) is 4.20. The summed E-state index contributed by atoms with van der Waals surface area (Å²) in [7, 11) is 3.73. The van der Waals surface area contributed by atoms with Gasteiger partial charge in [-0.25, -0.2) is 4.79 Å². The van der Waals surface area contributed by atoms with Crippen LogP contribution in [0.15, 0.2) is 42.7 Å². The average Bonchev–Trinajstić information content (AvgIpc) is 2.45. The lowest BCUT2D eigenvalue weighted by Crippen LogP contribution is -2.16. The van der Waals surface area contributed by atoms with Crippen LogP contribution in [0.2, 0.25) is 0 Å².